The Morgan fingerprint density at radius 3 is 2.71 bits per heavy atom. The van der Waals surface area contributed by atoms with Crippen LogP contribution in [-0.4, -0.2) is 9.97 Å². The van der Waals surface area contributed by atoms with Crippen LogP contribution in [0.15, 0.2) is 36.8 Å². The minimum absolute atomic E-state index is 0.384. The number of nitrogens with two attached hydrogens (primary N) is 1. The van der Waals surface area contributed by atoms with Crippen molar-refractivity contribution in [3.05, 3.63) is 42.4 Å². The van der Waals surface area contributed by atoms with E-state index in [9.17, 15) is 0 Å². The van der Waals surface area contributed by atoms with Crippen molar-refractivity contribution < 1.29 is 4.74 Å². The highest BCUT2D eigenvalue weighted by Crippen LogP contribution is 2.31. The fraction of sp³-hybridized carbons (Fsp3) is 0.231. The molecule has 0 saturated carbocycles. The van der Waals surface area contributed by atoms with Crippen LogP contribution in [0.5, 0.6) is 11.6 Å². The molecule has 2 aromatic rings. The maximum atomic E-state index is 5.74. The van der Waals surface area contributed by atoms with Crippen LogP contribution >= 0.6 is 0 Å². The number of nitrogens with zero attached hydrogens (tertiary/aromatic N) is 2. The van der Waals surface area contributed by atoms with Gasteiger partial charge in [-0.2, -0.15) is 4.98 Å². The predicted octanol–water partition coefficient (Wildman–Crippen LogP) is 2.97. The standard InChI is InChI=1S/C13H15N3O/c1-9(2)10-5-3-4-6-12(10)17-13-11(14)7-15-8-16-13/h3-9H,14H2,1-2H3. The average molecular weight is 229 g/mol. The number of hydrogen-bond donors (Lipinski definition) is 1. The third kappa shape index (κ3) is 2.53. The highest BCUT2D eigenvalue weighted by Gasteiger charge is 2.09. The van der Waals surface area contributed by atoms with Crippen molar-refractivity contribution >= 4 is 5.69 Å². The van der Waals surface area contributed by atoms with Gasteiger partial charge in [-0.3, -0.25) is 0 Å². The van der Waals surface area contributed by atoms with E-state index in [1.807, 2.05) is 24.3 Å². The summed E-state index contributed by atoms with van der Waals surface area (Å²) in [5.74, 6) is 1.57. The van der Waals surface area contributed by atoms with Crippen molar-refractivity contribution in [2.75, 3.05) is 5.73 Å². The minimum atomic E-state index is 0.384. The first-order valence-electron chi connectivity index (χ1n) is 5.50. The molecule has 1 aromatic heterocycles. The van der Waals surface area contributed by atoms with E-state index in [0.29, 0.717) is 17.5 Å². The lowest BCUT2D eigenvalue weighted by atomic mass is 10.0. The second kappa shape index (κ2) is 4.82. The summed E-state index contributed by atoms with van der Waals surface area (Å²) in [6.07, 6.45) is 2.95. The lowest BCUT2D eigenvalue weighted by Crippen LogP contribution is -1.98. The summed E-state index contributed by atoms with van der Waals surface area (Å²) in [7, 11) is 0. The highest BCUT2D eigenvalue weighted by atomic mass is 16.5. The van der Waals surface area contributed by atoms with Crippen LogP contribution in [0.2, 0.25) is 0 Å². The Kier molecular flexibility index (Phi) is 3.23. The second-order valence-electron chi connectivity index (χ2n) is 4.08. The van der Waals surface area contributed by atoms with E-state index in [2.05, 4.69) is 23.8 Å². The van der Waals surface area contributed by atoms with E-state index in [-0.39, 0.29) is 0 Å². The number of hydrogen-bond acceptors (Lipinski definition) is 4. The number of aromatic nitrogens is 2. The van der Waals surface area contributed by atoms with Crippen LogP contribution in [-0.2, 0) is 0 Å². The lowest BCUT2D eigenvalue weighted by molar-refractivity contribution is 0.455. The van der Waals surface area contributed by atoms with Crippen LogP contribution in [0.1, 0.15) is 25.3 Å². The molecule has 1 heterocycles. The van der Waals surface area contributed by atoms with Crippen molar-refractivity contribution in [1.82, 2.24) is 9.97 Å². The Morgan fingerprint density at radius 1 is 1.24 bits per heavy atom. The molecule has 0 spiro atoms. The summed E-state index contributed by atoms with van der Waals surface area (Å²) in [5.41, 5.74) is 7.31. The highest BCUT2D eigenvalue weighted by molar-refractivity contribution is 5.48. The third-order valence-electron chi connectivity index (χ3n) is 2.45. The molecule has 0 amide bonds. The van der Waals surface area contributed by atoms with Crippen LogP contribution in [0.4, 0.5) is 5.69 Å². The molecule has 2 N–H and O–H groups in total. The van der Waals surface area contributed by atoms with Gasteiger partial charge in [-0.1, -0.05) is 32.0 Å². The molecule has 0 saturated heterocycles. The van der Waals surface area contributed by atoms with E-state index in [0.717, 1.165) is 11.3 Å². The Bertz CT molecular complexity index is 512. The van der Waals surface area contributed by atoms with Crippen LogP contribution in [0.3, 0.4) is 0 Å². The number of anilines is 1. The quantitative estimate of drug-likeness (QED) is 0.878. The summed E-state index contributed by atoms with van der Waals surface area (Å²) in [4.78, 5) is 7.84. The molecule has 0 fully saturated rings. The zero-order valence-corrected chi connectivity index (χ0v) is 9.92. The van der Waals surface area contributed by atoms with Gasteiger partial charge >= 0.3 is 0 Å². The van der Waals surface area contributed by atoms with Gasteiger partial charge in [0.05, 0.1) is 6.20 Å². The molecule has 17 heavy (non-hydrogen) atoms. The van der Waals surface area contributed by atoms with Gasteiger partial charge in [0.25, 0.3) is 0 Å². The van der Waals surface area contributed by atoms with Gasteiger partial charge in [0.1, 0.15) is 17.8 Å². The molecular formula is C13H15N3O. The van der Waals surface area contributed by atoms with Gasteiger partial charge < -0.3 is 10.5 Å². The van der Waals surface area contributed by atoms with E-state index < -0.39 is 0 Å². The number of ether oxygens (including phenoxy) is 1. The number of nitrogen functional groups attached to an aromatic ring is 1. The Morgan fingerprint density at radius 2 is 2.00 bits per heavy atom. The Labute approximate surface area is 100 Å². The van der Waals surface area contributed by atoms with Gasteiger partial charge in [0.15, 0.2) is 0 Å². The zero-order valence-electron chi connectivity index (χ0n) is 9.92. The van der Waals surface area contributed by atoms with Gasteiger partial charge in [-0.15, -0.1) is 0 Å². The summed E-state index contributed by atoms with van der Waals surface area (Å²) >= 11 is 0. The van der Waals surface area contributed by atoms with Gasteiger partial charge in [-0.05, 0) is 17.5 Å². The molecule has 4 heteroatoms. The normalized spacial score (nSPS) is 10.5. The summed E-state index contributed by atoms with van der Waals surface area (Å²) in [5, 5.41) is 0. The summed E-state index contributed by atoms with van der Waals surface area (Å²) in [6, 6.07) is 7.87. The fourth-order valence-electron chi connectivity index (χ4n) is 1.57. The van der Waals surface area contributed by atoms with Crippen molar-refractivity contribution in [1.29, 1.82) is 0 Å². The van der Waals surface area contributed by atoms with E-state index >= 15 is 0 Å². The molecule has 0 atom stereocenters. The number of rotatable bonds is 3. The third-order valence-corrected chi connectivity index (χ3v) is 2.45. The maximum Gasteiger partial charge on any atom is 0.245 e. The van der Waals surface area contributed by atoms with E-state index in [1.54, 1.807) is 0 Å². The van der Waals surface area contributed by atoms with E-state index in [4.69, 9.17) is 10.5 Å². The molecule has 4 nitrogen and oxygen atoms in total. The van der Waals surface area contributed by atoms with Crippen molar-refractivity contribution in [3.8, 4) is 11.6 Å². The molecular weight excluding hydrogens is 214 g/mol. The van der Waals surface area contributed by atoms with Crippen LogP contribution < -0.4 is 10.5 Å². The first kappa shape index (κ1) is 11.4. The summed E-state index contributed by atoms with van der Waals surface area (Å²) < 4.78 is 5.73. The maximum absolute atomic E-state index is 5.74. The molecule has 0 unspecified atom stereocenters. The molecule has 0 aliphatic carbocycles. The first-order chi connectivity index (χ1) is 8.18. The van der Waals surface area contributed by atoms with Gasteiger partial charge in [0.2, 0.25) is 5.88 Å². The van der Waals surface area contributed by atoms with Crippen molar-refractivity contribution in [2.45, 2.75) is 19.8 Å². The fourth-order valence-corrected chi connectivity index (χ4v) is 1.57. The molecule has 0 aliphatic heterocycles. The minimum Gasteiger partial charge on any atom is -0.437 e. The number of para-hydroxylation sites is 1. The Balaban J connectivity index is 2.34. The molecule has 0 radical (unpaired) electrons. The summed E-state index contributed by atoms with van der Waals surface area (Å²) in [6.45, 7) is 4.23. The molecule has 0 bridgehead atoms. The Hall–Kier alpha value is -2.10. The van der Waals surface area contributed by atoms with Gasteiger partial charge in [0, 0.05) is 0 Å². The average Bonchev–Trinajstić information content (AvgIpc) is 2.32. The lowest BCUT2D eigenvalue weighted by Gasteiger charge is -2.13. The molecule has 0 aliphatic rings. The topological polar surface area (TPSA) is 61.0 Å². The zero-order chi connectivity index (χ0) is 12.3. The number of benzene rings is 1. The SMILES string of the molecule is CC(C)c1ccccc1Oc1ncncc1N. The molecule has 2 rings (SSSR count). The van der Waals surface area contributed by atoms with E-state index in [1.165, 1.54) is 12.5 Å². The predicted molar refractivity (Wildman–Crippen MR) is 67.0 cm³/mol. The van der Waals surface area contributed by atoms with Crippen molar-refractivity contribution in [2.24, 2.45) is 0 Å². The first-order valence-corrected chi connectivity index (χ1v) is 5.50. The van der Waals surface area contributed by atoms with Gasteiger partial charge in [-0.25, -0.2) is 4.98 Å². The van der Waals surface area contributed by atoms with Crippen LogP contribution in [0.25, 0.3) is 0 Å². The second-order valence-corrected chi connectivity index (χ2v) is 4.08. The molecule has 88 valence electrons. The van der Waals surface area contributed by atoms with Crippen molar-refractivity contribution in [3.63, 3.8) is 0 Å². The monoisotopic (exact) mass is 229 g/mol. The molecule has 1 aromatic carbocycles. The van der Waals surface area contributed by atoms with Crippen LogP contribution in [0, 0.1) is 0 Å². The largest absolute Gasteiger partial charge is 0.437 e. The smallest absolute Gasteiger partial charge is 0.245 e.